The Hall–Kier alpha value is -0.840. The summed E-state index contributed by atoms with van der Waals surface area (Å²) in [6.45, 7) is -1.80. The lowest BCUT2D eigenvalue weighted by Crippen LogP contribution is -2.61. The number of rotatable bonds is 12. The van der Waals surface area contributed by atoms with Crippen LogP contribution in [0.1, 0.15) is 25.7 Å². The van der Waals surface area contributed by atoms with Gasteiger partial charge >= 0.3 is 0 Å². The summed E-state index contributed by atoms with van der Waals surface area (Å²) in [6, 6.07) is 0. The zero-order chi connectivity index (χ0) is 36.3. The molecule has 5 aliphatic heterocycles. The van der Waals surface area contributed by atoms with Crippen molar-refractivity contribution in [2.75, 3.05) is 33.0 Å². The van der Waals surface area contributed by atoms with Crippen LogP contribution < -0.4 is 0 Å². The average Bonchev–Trinajstić information content (AvgIpc) is 3.07. The molecule has 0 aromatic carbocycles. The average molecular weight is 735 g/mol. The first-order valence-electron chi connectivity index (χ1n) is 16.6. The van der Waals surface area contributed by atoms with Gasteiger partial charge in [-0.3, -0.25) is 0 Å². The Kier molecular flexibility index (Phi) is 14.5. The predicted molar refractivity (Wildman–Crippen MR) is 155 cm³/mol. The summed E-state index contributed by atoms with van der Waals surface area (Å²) >= 11 is 0. The second-order valence-electron chi connectivity index (χ2n) is 13.2. The van der Waals surface area contributed by atoms with E-state index in [1.165, 1.54) is 0 Å². The van der Waals surface area contributed by atoms with Crippen molar-refractivity contribution in [1.29, 1.82) is 0 Å². The van der Waals surface area contributed by atoms with Crippen molar-refractivity contribution >= 4 is 0 Å². The molecule has 0 spiro atoms. The zero-order valence-corrected chi connectivity index (χ0v) is 27.0. The Labute approximate surface area is 285 Å². The van der Waals surface area contributed by atoms with Gasteiger partial charge in [-0.15, -0.1) is 0 Å². The highest BCUT2D eigenvalue weighted by atomic mass is 16.8. The maximum atomic E-state index is 10.6. The minimum Gasteiger partial charge on any atom is -0.394 e. The summed E-state index contributed by atoms with van der Waals surface area (Å²) in [6.07, 6.45) is -26.9. The van der Waals surface area contributed by atoms with E-state index in [0.29, 0.717) is 0 Å². The minimum atomic E-state index is -1.78. The Morgan fingerprint density at radius 3 is 1.84 bits per heavy atom. The smallest absolute Gasteiger partial charge is 0.187 e. The van der Waals surface area contributed by atoms with Crippen LogP contribution in [0.3, 0.4) is 0 Å². The Bertz CT molecular complexity index is 1030. The van der Waals surface area contributed by atoms with E-state index in [0.717, 1.165) is 0 Å². The molecule has 5 aliphatic rings. The van der Waals surface area contributed by atoms with E-state index >= 15 is 0 Å². The van der Waals surface area contributed by atoms with E-state index in [1.807, 2.05) is 0 Å². The fraction of sp³-hybridized carbons (Fsp3) is 1.00. The van der Waals surface area contributed by atoms with Gasteiger partial charge in [0, 0.05) is 25.7 Å². The Balaban J connectivity index is 1.11. The standard InChI is InChI=1S/C29H50O21/c30-5-17-16(3-13(34)26(41)47-17)48-29-25(40)24(39)23(38)20(50-29)8-42-21-4-12(33)22(37)19(46-21)9-45-28-15(36)2-11(32)18(49-28)7-44-27-14(35)1-10(31)6-43-27/h10-41H,1-9H2/t10-,11-,12+,13+,14+,15+,16-,17+,18+,19+,20+,21-,22-,23+,24-,25+,26-,27+,28-,29-/m0/s1. The molecule has 0 aliphatic carbocycles. The fourth-order valence-corrected chi connectivity index (χ4v) is 6.35. The third kappa shape index (κ3) is 9.82. The molecule has 21 nitrogen and oxygen atoms in total. The fourth-order valence-electron chi connectivity index (χ4n) is 6.35. The van der Waals surface area contributed by atoms with E-state index in [2.05, 4.69) is 0 Å². The molecule has 0 saturated carbocycles. The molecule has 20 atom stereocenters. The second-order valence-corrected chi connectivity index (χ2v) is 13.2. The lowest BCUT2D eigenvalue weighted by Gasteiger charge is -2.44. The van der Waals surface area contributed by atoms with Gasteiger partial charge in [0.2, 0.25) is 0 Å². The van der Waals surface area contributed by atoms with Crippen molar-refractivity contribution in [2.45, 2.75) is 149 Å². The van der Waals surface area contributed by atoms with Crippen molar-refractivity contribution in [3.05, 3.63) is 0 Å². The van der Waals surface area contributed by atoms with Crippen LogP contribution in [0.15, 0.2) is 0 Å². The van der Waals surface area contributed by atoms with Crippen LogP contribution in [0.2, 0.25) is 0 Å². The van der Waals surface area contributed by atoms with Gasteiger partial charge in [-0.1, -0.05) is 0 Å². The quantitative estimate of drug-likeness (QED) is 0.0886. The highest BCUT2D eigenvalue weighted by Gasteiger charge is 2.48. The van der Waals surface area contributed by atoms with Crippen LogP contribution >= 0.6 is 0 Å². The molecule has 0 amide bonds. The van der Waals surface area contributed by atoms with Crippen molar-refractivity contribution in [1.82, 2.24) is 0 Å². The van der Waals surface area contributed by atoms with Gasteiger partial charge < -0.3 is 104 Å². The highest BCUT2D eigenvalue weighted by Crippen LogP contribution is 2.30. The third-order valence-electron chi connectivity index (χ3n) is 9.34. The summed E-state index contributed by atoms with van der Waals surface area (Å²) < 4.78 is 50.0. The van der Waals surface area contributed by atoms with Crippen LogP contribution in [-0.4, -0.2) is 217 Å². The first-order chi connectivity index (χ1) is 23.7. The number of aliphatic hydroxyl groups is 12. The SMILES string of the molecule is OC[C@H]1O[C@H](O)[C@H](O)C[C@@H]1O[C@H]1O[C@H](CO[C@@H]2C[C@@H](O)[C@H](O)[C@@H](CO[C@H]3O[C@H](CO[C@H]4OC[C@@H](O)C[C@H]4O)[C@@H](O)C[C@H]3O)O2)[C@@H](O)[C@H](O)[C@H]1O. The van der Waals surface area contributed by atoms with E-state index in [9.17, 15) is 61.3 Å². The molecule has 0 aromatic heterocycles. The molecular formula is C29H50O21. The number of aliphatic hydroxyl groups excluding tert-OH is 12. The predicted octanol–water partition coefficient (Wildman–Crippen LogP) is -7.17. The number of ether oxygens (including phenoxy) is 9. The minimum absolute atomic E-state index is 0.0397. The van der Waals surface area contributed by atoms with Crippen molar-refractivity contribution < 1.29 is 104 Å². The molecule has 21 heteroatoms. The largest absolute Gasteiger partial charge is 0.394 e. The van der Waals surface area contributed by atoms with Gasteiger partial charge in [0.1, 0.15) is 67.1 Å². The molecule has 12 N–H and O–H groups in total. The van der Waals surface area contributed by atoms with Crippen molar-refractivity contribution in [3.8, 4) is 0 Å². The van der Waals surface area contributed by atoms with Gasteiger partial charge in [-0.05, 0) is 0 Å². The van der Waals surface area contributed by atoms with Crippen LogP contribution in [0.4, 0.5) is 0 Å². The van der Waals surface area contributed by atoms with Crippen LogP contribution in [0.25, 0.3) is 0 Å². The summed E-state index contributed by atoms with van der Waals surface area (Å²) in [4.78, 5) is 0. The lowest BCUT2D eigenvalue weighted by molar-refractivity contribution is -0.346. The topological polar surface area (TPSA) is 326 Å². The monoisotopic (exact) mass is 734 g/mol. The van der Waals surface area contributed by atoms with E-state index < -0.39 is 143 Å². The molecule has 292 valence electrons. The summed E-state index contributed by atoms with van der Waals surface area (Å²) in [7, 11) is 0. The molecule has 5 fully saturated rings. The lowest BCUT2D eigenvalue weighted by atomic mass is 9.98. The third-order valence-corrected chi connectivity index (χ3v) is 9.34. The Morgan fingerprint density at radius 1 is 0.480 bits per heavy atom. The first kappa shape index (κ1) is 40.3. The molecule has 0 radical (unpaired) electrons. The molecule has 0 bridgehead atoms. The molecular weight excluding hydrogens is 684 g/mol. The molecule has 0 aromatic rings. The molecule has 50 heavy (non-hydrogen) atoms. The summed E-state index contributed by atoms with van der Waals surface area (Å²) in [5.74, 6) is 0. The van der Waals surface area contributed by atoms with Crippen LogP contribution in [-0.2, 0) is 42.6 Å². The number of hydrogen-bond acceptors (Lipinski definition) is 21. The Morgan fingerprint density at radius 2 is 1.12 bits per heavy atom. The van der Waals surface area contributed by atoms with E-state index in [4.69, 9.17) is 42.6 Å². The maximum absolute atomic E-state index is 10.6. The van der Waals surface area contributed by atoms with Gasteiger partial charge in [0.15, 0.2) is 31.5 Å². The highest BCUT2D eigenvalue weighted by molar-refractivity contribution is 4.92. The normalized spacial score (nSPS) is 50.6. The summed E-state index contributed by atoms with van der Waals surface area (Å²) in [5, 5.41) is 122. The summed E-state index contributed by atoms with van der Waals surface area (Å²) in [5.41, 5.74) is 0. The molecule has 5 heterocycles. The van der Waals surface area contributed by atoms with Gasteiger partial charge in [-0.25, -0.2) is 0 Å². The van der Waals surface area contributed by atoms with Crippen LogP contribution in [0.5, 0.6) is 0 Å². The van der Waals surface area contributed by atoms with Crippen molar-refractivity contribution in [2.24, 2.45) is 0 Å². The van der Waals surface area contributed by atoms with Crippen LogP contribution in [0, 0.1) is 0 Å². The molecule has 5 saturated heterocycles. The second kappa shape index (κ2) is 18.0. The maximum Gasteiger partial charge on any atom is 0.187 e. The zero-order valence-electron chi connectivity index (χ0n) is 27.0. The molecule has 5 rings (SSSR count). The number of hydrogen-bond donors (Lipinski definition) is 12. The van der Waals surface area contributed by atoms with E-state index in [-0.39, 0.29) is 38.9 Å². The van der Waals surface area contributed by atoms with Gasteiger partial charge in [0.25, 0.3) is 0 Å². The molecule has 0 unspecified atom stereocenters. The van der Waals surface area contributed by atoms with Crippen molar-refractivity contribution in [3.63, 3.8) is 0 Å². The van der Waals surface area contributed by atoms with Gasteiger partial charge in [-0.2, -0.15) is 0 Å². The van der Waals surface area contributed by atoms with E-state index in [1.54, 1.807) is 0 Å². The van der Waals surface area contributed by atoms with Gasteiger partial charge in [0.05, 0.1) is 57.5 Å². The first-order valence-corrected chi connectivity index (χ1v) is 16.6.